The van der Waals surface area contributed by atoms with Crippen LogP contribution in [-0.2, 0) is 9.59 Å². The molecule has 8 heteroatoms. The van der Waals surface area contributed by atoms with Crippen molar-refractivity contribution < 1.29 is 9.59 Å². The third-order valence-electron chi connectivity index (χ3n) is 3.26. The minimum absolute atomic E-state index is 0.176. The third kappa shape index (κ3) is 10.6. The molecule has 0 heterocycles. The molecule has 0 aliphatic carbocycles. The summed E-state index contributed by atoms with van der Waals surface area (Å²) in [5, 5.41) is 2.76. The van der Waals surface area contributed by atoms with Crippen molar-refractivity contribution in [3.63, 3.8) is 0 Å². The van der Waals surface area contributed by atoms with E-state index in [1.807, 2.05) is 0 Å². The van der Waals surface area contributed by atoms with E-state index < -0.39 is 6.17 Å². The lowest BCUT2D eigenvalue weighted by Gasteiger charge is -2.27. The molecule has 1 unspecified atom stereocenters. The molecule has 9 N–H and O–H groups in total. The fourth-order valence-corrected chi connectivity index (χ4v) is 2.07. The topological polar surface area (TPSA) is 153 Å². The van der Waals surface area contributed by atoms with Gasteiger partial charge in [0, 0.05) is 43.2 Å². The Labute approximate surface area is 144 Å². The zero-order chi connectivity index (χ0) is 18.5. The normalized spacial score (nSPS) is 13.5. The van der Waals surface area contributed by atoms with Crippen molar-refractivity contribution in [1.29, 1.82) is 0 Å². The monoisotopic (exact) mass is 340 g/mol. The number of hydrogen-bond donors (Lipinski definition) is 5. The van der Waals surface area contributed by atoms with Gasteiger partial charge in [0.15, 0.2) is 0 Å². The number of carbonyl (C=O) groups is 2. The van der Waals surface area contributed by atoms with Crippen molar-refractivity contribution in [2.24, 2.45) is 22.9 Å². The Hall–Kier alpha value is -2.06. The fraction of sp³-hybridized carbons (Fsp3) is 0.625. The maximum absolute atomic E-state index is 12.1. The molecule has 8 nitrogen and oxygen atoms in total. The molecule has 0 spiro atoms. The quantitative estimate of drug-likeness (QED) is 0.193. The van der Waals surface area contributed by atoms with Gasteiger partial charge in [0.25, 0.3) is 0 Å². The van der Waals surface area contributed by atoms with Crippen LogP contribution in [0.4, 0.5) is 0 Å². The van der Waals surface area contributed by atoms with Crippen LogP contribution in [0.2, 0.25) is 0 Å². The van der Waals surface area contributed by atoms with Gasteiger partial charge in [-0.2, -0.15) is 0 Å². The van der Waals surface area contributed by atoms with Gasteiger partial charge < -0.3 is 33.2 Å². The van der Waals surface area contributed by atoms with Crippen LogP contribution in [0, 0.1) is 0 Å². The molecule has 24 heavy (non-hydrogen) atoms. The number of nitrogens with two attached hydrogens (primary N) is 4. The molecular weight excluding hydrogens is 308 g/mol. The van der Waals surface area contributed by atoms with E-state index in [9.17, 15) is 9.59 Å². The summed E-state index contributed by atoms with van der Waals surface area (Å²) in [6, 6.07) is 0. The molecule has 138 valence electrons. The van der Waals surface area contributed by atoms with E-state index in [0.29, 0.717) is 24.5 Å². The number of nitrogens with one attached hydrogen (secondary N) is 1. The molecule has 1 atom stereocenters. The van der Waals surface area contributed by atoms with Crippen LogP contribution in [0.5, 0.6) is 0 Å². The number of unbranched alkanes of at least 4 members (excludes halogenated alkanes) is 3. The Morgan fingerprint density at radius 1 is 1.04 bits per heavy atom. The summed E-state index contributed by atoms with van der Waals surface area (Å²) in [5.41, 5.74) is 23.3. The van der Waals surface area contributed by atoms with Gasteiger partial charge in [-0.3, -0.25) is 9.59 Å². The lowest BCUT2D eigenvalue weighted by molar-refractivity contribution is -0.128. The highest BCUT2D eigenvalue weighted by Gasteiger charge is 2.17. The van der Waals surface area contributed by atoms with Crippen LogP contribution in [0.1, 0.15) is 39.5 Å². The van der Waals surface area contributed by atoms with Crippen molar-refractivity contribution in [2.45, 2.75) is 45.7 Å². The summed E-state index contributed by atoms with van der Waals surface area (Å²) in [5.74, 6) is -0.395. The van der Waals surface area contributed by atoms with Crippen molar-refractivity contribution in [2.75, 3.05) is 19.6 Å². The minimum atomic E-state index is -0.515. The first kappa shape index (κ1) is 21.9. The predicted molar refractivity (Wildman–Crippen MR) is 96.1 cm³/mol. The Balaban J connectivity index is 4.05. The highest BCUT2D eigenvalue weighted by atomic mass is 16.2. The molecule has 0 aromatic heterocycles. The predicted octanol–water partition coefficient (Wildman–Crippen LogP) is -0.540. The van der Waals surface area contributed by atoms with Gasteiger partial charge in [-0.05, 0) is 26.7 Å². The first-order valence-electron chi connectivity index (χ1n) is 8.19. The number of allylic oxidation sites excluding steroid dienone is 2. The molecule has 0 aliphatic heterocycles. The third-order valence-corrected chi connectivity index (χ3v) is 3.26. The van der Waals surface area contributed by atoms with Gasteiger partial charge in [0.1, 0.15) is 0 Å². The average molecular weight is 340 g/mol. The molecule has 0 saturated carbocycles. The first-order valence-corrected chi connectivity index (χ1v) is 8.19. The van der Waals surface area contributed by atoms with E-state index >= 15 is 0 Å². The number of rotatable bonds is 11. The van der Waals surface area contributed by atoms with Crippen LogP contribution >= 0.6 is 0 Å². The van der Waals surface area contributed by atoms with Crippen molar-refractivity contribution in [3.05, 3.63) is 23.5 Å². The summed E-state index contributed by atoms with van der Waals surface area (Å²) in [7, 11) is 0. The Morgan fingerprint density at radius 3 is 2.17 bits per heavy atom. The van der Waals surface area contributed by atoms with E-state index in [1.165, 1.54) is 17.1 Å². The summed E-state index contributed by atoms with van der Waals surface area (Å²) in [6.45, 7) is 4.65. The molecule has 0 rings (SSSR count). The lowest BCUT2D eigenvalue weighted by atomic mass is 10.1. The Morgan fingerprint density at radius 2 is 1.62 bits per heavy atom. The zero-order valence-electron chi connectivity index (χ0n) is 14.8. The molecule has 0 aromatic carbocycles. The summed E-state index contributed by atoms with van der Waals surface area (Å²) in [4.78, 5) is 24.9. The van der Waals surface area contributed by atoms with Crippen molar-refractivity contribution >= 4 is 11.8 Å². The Kier molecular flexibility index (Phi) is 11.3. The maximum Gasteiger partial charge on any atom is 0.249 e. The first-order chi connectivity index (χ1) is 11.3. The summed E-state index contributed by atoms with van der Waals surface area (Å²) in [6.07, 6.45) is 5.75. The molecular formula is C16H32N6O2. The maximum atomic E-state index is 12.1. The van der Waals surface area contributed by atoms with E-state index in [4.69, 9.17) is 22.9 Å². The van der Waals surface area contributed by atoms with Gasteiger partial charge in [-0.25, -0.2) is 0 Å². The summed E-state index contributed by atoms with van der Waals surface area (Å²) < 4.78 is 0. The van der Waals surface area contributed by atoms with E-state index in [1.54, 1.807) is 13.8 Å². The SMILES string of the molecule is C/C(N)=C/C(=O)NCCCCCCN(C(=O)/C=C(/C)N)C(N)CN. The lowest BCUT2D eigenvalue weighted by Crippen LogP contribution is -2.50. The van der Waals surface area contributed by atoms with Crippen LogP contribution < -0.4 is 28.3 Å². The Bertz CT molecular complexity index is 453. The minimum Gasteiger partial charge on any atom is -0.402 e. The zero-order valence-corrected chi connectivity index (χ0v) is 14.8. The van der Waals surface area contributed by atoms with Crippen LogP contribution in [0.25, 0.3) is 0 Å². The van der Waals surface area contributed by atoms with E-state index in [0.717, 1.165) is 25.7 Å². The second kappa shape index (κ2) is 12.4. The highest BCUT2D eigenvalue weighted by Crippen LogP contribution is 2.04. The number of amides is 2. The molecule has 0 radical (unpaired) electrons. The van der Waals surface area contributed by atoms with Gasteiger partial charge in [-0.15, -0.1) is 0 Å². The fourth-order valence-electron chi connectivity index (χ4n) is 2.07. The highest BCUT2D eigenvalue weighted by molar-refractivity contribution is 5.88. The number of carbonyl (C=O) groups excluding carboxylic acids is 2. The number of nitrogens with zero attached hydrogens (tertiary/aromatic N) is 1. The van der Waals surface area contributed by atoms with Gasteiger partial charge in [0.05, 0.1) is 6.17 Å². The van der Waals surface area contributed by atoms with Crippen molar-refractivity contribution in [3.8, 4) is 0 Å². The van der Waals surface area contributed by atoms with Crippen LogP contribution in [0.15, 0.2) is 23.5 Å². The second-order valence-electron chi connectivity index (χ2n) is 5.82. The molecule has 0 aliphatic rings. The largest absolute Gasteiger partial charge is 0.402 e. The van der Waals surface area contributed by atoms with E-state index in [-0.39, 0.29) is 18.4 Å². The van der Waals surface area contributed by atoms with Crippen LogP contribution in [0.3, 0.4) is 0 Å². The molecule has 0 bridgehead atoms. The smallest absolute Gasteiger partial charge is 0.249 e. The number of hydrogen-bond acceptors (Lipinski definition) is 6. The molecule has 2 amide bonds. The second-order valence-corrected chi connectivity index (χ2v) is 5.82. The van der Waals surface area contributed by atoms with Crippen molar-refractivity contribution in [1.82, 2.24) is 10.2 Å². The van der Waals surface area contributed by atoms with E-state index in [2.05, 4.69) is 5.32 Å². The summed E-state index contributed by atoms with van der Waals surface area (Å²) >= 11 is 0. The molecule has 0 fully saturated rings. The molecule has 0 saturated heterocycles. The average Bonchev–Trinajstić information content (AvgIpc) is 2.47. The molecule has 0 aromatic rings. The standard InChI is InChI=1S/C16H32N6O2/c1-12(18)9-15(23)21-7-5-3-4-6-8-22(14(20)11-17)16(24)10-13(2)19/h9-10,14H,3-8,11,17-20H2,1-2H3,(H,21,23)/b12-9-,13-10-. The van der Waals surface area contributed by atoms with Crippen LogP contribution in [-0.4, -0.2) is 42.5 Å². The van der Waals surface area contributed by atoms with Gasteiger partial charge >= 0.3 is 0 Å². The van der Waals surface area contributed by atoms with Gasteiger partial charge in [0.2, 0.25) is 11.8 Å². The van der Waals surface area contributed by atoms with Gasteiger partial charge in [-0.1, -0.05) is 12.8 Å².